The first kappa shape index (κ1) is 14.5. The van der Waals surface area contributed by atoms with Crippen molar-refractivity contribution in [2.24, 2.45) is 0 Å². The third-order valence-corrected chi connectivity index (χ3v) is 2.77. The van der Waals surface area contributed by atoms with Crippen LogP contribution < -0.4 is 5.73 Å². The largest absolute Gasteiger partial charge is 0.399 e. The second-order valence-electron chi connectivity index (χ2n) is 4.37. The molecule has 0 saturated heterocycles. The van der Waals surface area contributed by atoms with Gasteiger partial charge in [-0.05, 0) is 32.3 Å². The fourth-order valence-corrected chi connectivity index (χ4v) is 1.81. The van der Waals surface area contributed by atoms with Gasteiger partial charge in [0.05, 0.1) is 11.1 Å². The Morgan fingerprint density at radius 1 is 1.17 bits per heavy atom. The molecule has 0 unspecified atom stereocenters. The van der Waals surface area contributed by atoms with E-state index in [4.69, 9.17) is 5.73 Å². The first-order valence-electron chi connectivity index (χ1n) is 5.41. The number of carbonyl (C=O) groups is 2. The van der Waals surface area contributed by atoms with Crippen molar-refractivity contribution in [2.75, 3.05) is 32.9 Å². The van der Waals surface area contributed by atoms with Crippen molar-refractivity contribution in [2.45, 2.75) is 0 Å². The molecular formula is C12H16ClN3O2. The lowest BCUT2D eigenvalue weighted by molar-refractivity contribution is 0.0645. The summed E-state index contributed by atoms with van der Waals surface area (Å²) in [7, 11) is 3.80. The van der Waals surface area contributed by atoms with Crippen LogP contribution in [0.1, 0.15) is 20.7 Å². The predicted octanol–water partition coefficient (Wildman–Crippen LogP) is 0.848. The second kappa shape index (κ2) is 5.37. The molecule has 0 aliphatic carbocycles. The van der Waals surface area contributed by atoms with Crippen LogP contribution in [0, 0.1) is 0 Å². The number of nitrogen functional groups attached to an aromatic ring is 1. The average molecular weight is 270 g/mol. The summed E-state index contributed by atoms with van der Waals surface area (Å²) in [5.74, 6) is -0.481. The second-order valence-corrected chi connectivity index (χ2v) is 4.37. The minimum absolute atomic E-state index is 0. The van der Waals surface area contributed by atoms with E-state index in [1.165, 1.54) is 4.90 Å². The quantitative estimate of drug-likeness (QED) is 0.653. The van der Waals surface area contributed by atoms with Crippen LogP contribution in [0.15, 0.2) is 18.2 Å². The molecule has 2 amide bonds. The topological polar surface area (TPSA) is 66.6 Å². The van der Waals surface area contributed by atoms with Crippen molar-refractivity contribution in [1.82, 2.24) is 9.80 Å². The molecule has 1 aromatic rings. The van der Waals surface area contributed by atoms with E-state index >= 15 is 0 Å². The number of carbonyl (C=O) groups excluding carboxylic acids is 2. The summed E-state index contributed by atoms with van der Waals surface area (Å²) >= 11 is 0. The number of hydrogen-bond acceptors (Lipinski definition) is 4. The molecule has 0 fully saturated rings. The van der Waals surface area contributed by atoms with E-state index in [1.54, 1.807) is 18.2 Å². The molecule has 6 heteroatoms. The van der Waals surface area contributed by atoms with E-state index in [-0.39, 0.29) is 24.2 Å². The molecule has 1 heterocycles. The first-order chi connectivity index (χ1) is 8.00. The number of fused-ring (bicyclic) bond motifs is 1. The fraction of sp³-hybridized carbons (Fsp3) is 0.333. The molecule has 2 N–H and O–H groups in total. The maximum atomic E-state index is 12.0. The molecule has 0 saturated carbocycles. The maximum Gasteiger partial charge on any atom is 0.261 e. The number of nitrogens with two attached hydrogens (primary N) is 1. The highest BCUT2D eigenvalue weighted by molar-refractivity contribution is 6.21. The monoisotopic (exact) mass is 269 g/mol. The van der Waals surface area contributed by atoms with Crippen LogP contribution >= 0.6 is 12.4 Å². The lowest BCUT2D eigenvalue weighted by atomic mass is 10.1. The van der Waals surface area contributed by atoms with E-state index in [1.807, 2.05) is 19.0 Å². The van der Waals surface area contributed by atoms with Gasteiger partial charge in [-0.15, -0.1) is 12.4 Å². The number of rotatable bonds is 3. The van der Waals surface area contributed by atoms with E-state index in [0.717, 1.165) is 0 Å². The minimum Gasteiger partial charge on any atom is -0.399 e. The van der Waals surface area contributed by atoms with Crippen LogP contribution in [0.4, 0.5) is 5.69 Å². The number of amides is 2. The van der Waals surface area contributed by atoms with Gasteiger partial charge in [0.2, 0.25) is 0 Å². The number of nitrogens with zero attached hydrogens (tertiary/aromatic N) is 2. The van der Waals surface area contributed by atoms with Gasteiger partial charge in [0, 0.05) is 18.8 Å². The van der Waals surface area contributed by atoms with Gasteiger partial charge >= 0.3 is 0 Å². The molecule has 1 aromatic carbocycles. The van der Waals surface area contributed by atoms with Gasteiger partial charge in [-0.25, -0.2) is 0 Å². The highest BCUT2D eigenvalue weighted by Gasteiger charge is 2.35. The molecule has 1 aliphatic rings. The van der Waals surface area contributed by atoms with Gasteiger partial charge in [-0.1, -0.05) is 0 Å². The predicted molar refractivity (Wildman–Crippen MR) is 72.0 cm³/mol. The van der Waals surface area contributed by atoms with E-state index < -0.39 is 0 Å². The van der Waals surface area contributed by atoms with Gasteiger partial charge in [0.15, 0.2) is 0 Å². The Morgan fingerprint density at radius 2 is 1.78 bits per heavy atom. The van der Waals surface area contributed by atoms with Crippen molar-refractivity contribution < 1.29 is 9.59 Å². The summed E-state index contributed by atoms with van der Waals surface area (Å²) in [5.41, 5.74) is 6.97. The first-order valence-corrected chi connectivity index (χ1v) is 5.41. The number of halogens is 1. The van der Waals surface area contributed by atoms with E-state index in [2.05, 4.69) is 0 Å². The van der Waals surface area contributed by atoms with Crippen molar-refractivity contribution in [3.8, 4) is 0 Å². The lowest BCUT2D eigenvalue weighted by Crippen LogP contribution is -2.35. The van der Waals surface area contributed by atoms with Crippen molar-refractivity contribution in [1.29, 1.82) is 0 Å². The minimum atomic E-state index is -0.251. The lowest BCUT2D eigenvalue weighted by Gasteiger charge is -2.16. The highest BCUT2D eigenvalue weighted by atomic mass is 35.5. The zero-order valence-corrected chi connectivity index (χ0v) is 11.2. The highest BCUT2D eigenvalue weighted by Crippen LogP contribution is 2.24. The van der Waals surface area contributed by atoms with Crippen LogP contribution in [0.25, 0.3) is 0 Å². The maximum absolute atomic E-state index is 12.0. The van der Waals surface area contributed by atoms with E-state index in [0.29, 0.717) is 29.9 Å². The van der Waals surface area contributed by atoms with Gasteiger partial charge in [-0.3, -0.25) is 14.5 Å². The van der Waals surface area contributed by atoms with Crippen molar-refractivity contribution in [3.05, 3.63) is 29.3 Å². The Labute approximate surface area is 112 Å². The molecular weight excluding hydrogens is 254 g/mol. The Bertz CT molecular complexity index is 488. The summed E-state index contributed by atoms with van der Waals surface area (Å²) in [5, 5.41) is 0. The number of imide groups is 1. The number of benzene rings is 1. The molecule has 1 aliphatic heterocycles. The van der Waals surface area contributed by atoms with Crippen LogP contribution in [0.2, 0.25) is 0 Å². The third-order valence-electron chi connectivity index (χ3n) is 2.77. The Morgan fingerprint density at radius 3 is 2.39 bits per heavy atom. The standard InChI is InChI=1S/C12H15N3O2.ClH/c1-14(2)5-6-15-11(16)9-4-3-8(13)7-10(9)12(15)17;/h3-4,7H,5-6,13H2,1-2H3;1H. The molecule has 0 atom stereocenters. The Balaban J connectivity index is 0.00000162. The summed E-state index contributed by atoms with van der Waals surface area (Å²) in [6.45, 7) is 1.06. The van der Waals surface area contributed by atoms with Gasteiger partial charge in [-0.2, -0.15) is 0 Å². The molecule has 5 nitrogen and oxygen atoms in total. The third kappa shape index (κ3) is 2.47. The average Bonchev–Trinajstić information content (AvgIpc) is 2.49. The zero-order valence-electron chi connectivity index (χ0n) is 10.3. The normalized spacial score (nSPS) is 13.8. The Kier molecular flexibility index (Phi) is 4.32. The summed E-state index contributed by atoms with van der Waals surface area (Å²) in [6.07, 6.45) is 0. The van der Waals surface area contributed by atoms with Crippen LogP contribution in [-0.4, -0.2) is 48.8 Å². The summed E-state index contributed by atoms with van der Waals surface area (Å²) < 4.78 is 0. The van der Waals surface area contributed by atoms with E-state index in [9.17, 15) is 9.59 Å². The summed E-state index contributed by atoms with van der Waals surface area (Å²) in [4.78, 5) is 27.2. The fourth-order valence-electron chi connectivity index (χ4n) is 1.81. The van der Waals surface area contributed by atoms with Crippen LogP contribution in [-0.2, 0) is 0 Å². The van der Waals surface area contributed by atoms with Crippen LogP contribution in [0.3, 0.4) is 0 Å². The molecule has 0 aromatic heterocycles. The number of likely N-dealkylation sites (N-methyl/N-ethyl adjacent to an activating group) is 1. The zero-order chi connectivity index (χ0) is 12.6. The van der Waals surface area contributed by atoms with Crippen molar-refractivity contribution in [3.63, 3.8) is 0 Å². The Hall–Kier alpha value is -1.59. The van der Waals surface area contributed by atoms with Gasteiger partial charge in [0.25, 0.3) is 11.8 Å². The number of anilines is 1. The molecule has 18 heavy (non-hydrogen) atoms. The van der Waals surface area contributed by atoms with Gasteiger partial charge in [0.1, 0.15) is 0 Å². The smallest absolute Gasteiger partial charge is 0.261 e. The number of hydrogen-bond donors (Lipinski definition) is 1. The SMILES string of the molecule is CN(C)CCN1C(=O)c2ccc(N)cc2C1=O.Cl. The molecule has 0 bridgehead atoms. The molecule has 2 rings (SSSR count). The molecule has 0 radical (unpaired) electrons. The van der Waals surface area contributed by atoms with Gasteiger partial charge < -0.3 is 10.6 Å². The summed E-state index contributed by atoms with van der Waals surface area (Å²) in [6, 6.07) is 4.81. The van der Waals surface area contributed by atoms with Crippen LogP contribution in [0.5, 0.6) is 0 Å². The molecule has 98 valence electrons. The van der Waals surface area contributed by atoms with Crippen molar-refractivity contribution >= 4 is 29.9 Å². The molecule has 0 spiro atoms.